The van der Waals surface area contributed by atoms with Crippen LogP contribution in [0.5, 0.6) is 0 Å². The summed E-state index contributed by atoms with van der Waals surface area (Å²) in [5.41, 5.74) is 1.19. The molecule has 0 fully saturated rings. The molecule has 1 rings (SSSR count). The maximum atomic E-state index is 5.58. The summed E-state index contributed by atoms with van der Waals surface area (Å²) in [5, 5.41) is 3.33. The Labute approximate surface area is 109 Å². The van der Waals surface area contributed by atoms with Gasteiger partial charge in [0.25, 0.3) is 0 Å². The molecule has 0 bridgehead atoms. The largest absolute Gasteiger partial charge is 0.383 e. The lowest BCUT2D eigenvalue weighted by Gasteiger charge is -2.12. The number of hydrogen-bond donors (Lipinski definition) is 1. The van der Waals surface area contributed by atoms with Crippen LogP contribution >= 0.6 is 0 Å². The Kier molecular flexibility index (Phi) is 6.93. The number of methoxy groups -OCH3 is 1. The van der Waals surface area contributed by atoms with Gasteiger partial charge in [0, 0.05) is 32.9 Å². The zero-order valence-corrected chi connectivity index (χ0v) is 11.9. The smallest absolute Gasteiger partial charge is 0.105 e. The lowest BCUT2D eigenvalue weighted by molar-refractivity contribution is 0.0720. The number of rotatable bonds is 9. The number of aromatic nitrogens is 2. The van der Waals surface area contributed by atoms with Crippen molar-refractivity contribution >= 4 is 0 Å². The van der Waals surface area contributed by atoms with E-state index in [1.807, 2.05) is 27.0 Å². The molecule has 5 heteroatoms. The SMILES string of the molecule is COCCNCc1cnc(C)n1CCOC(C)C. The molecule has 18 heavy (non-hydrogen) atoms. The Balaban J connectivity index is 2.42. The van der Waals surface area contributed by atoms with E-state index in [4.69, 9.17) is 9.47 Å². The average molecular weight is 255 g/mol. The van der Waals surface area contributed by atoms with Gasteiger partial charge < -0.3 is 19.4 Å². The first kappa shape index (κ1) is 15.1. The van der Waals surface area contributed by atoms with Crippen molar-refractivity contribution in [2.75, 3.05) is 26.9 Å². The van der Waals surface area contributed by atoms with Gasteiger partial charge in [0.1, 0.15) is 5.82 Å². The van der Waals surface area contributed by atoms with E-state index in [2.05, 4.69) is 14.9 Å². The summed E-state index contributed by atoms with van der Waals surface area (Å²) in [4.78, 5) is 4.35. The topological polar surface area (TPSA) is 48.3 Å². The fourth-order valence-corrected chi connectivity index (χ4v) is 1.73. The minimum atomic E-state index is 0.275. The first-order valence-corrected chi connectivity index (χ1v) is 6.47. The van der Waals surface area contributed by atoms with Crippen LogP contribution in [0.2, 0.25) is 0 Å². The van der Waals surface area contributed by atoms with Crippen molar-refractivity contribution in [3.05, 3.63) is 17.7 Å². The maximum absolute atomic E-state index is 5.58. The highest BCUT2D eigenvalue weighted by atomic mass is 16.5. The summed E-state index contributed by atoms with van der Waals surface area (Å²) in [7, 11) is 1.71. The lowest BCUT2D eigenvalue weighted by Crippen LogP contribution is -2.21. The monoisotopic (exact) mass is 255 g/mol. The second-order valence-corrected chi connectivity index (χ2v) is 4.54. The van der Waals surface area contributed by atoms with Gasteiger partial charge in [0.15, 0.2) is 0 Å². The van der Waals surface area contributed by atoms with Crippen LogP contribution in [-0.2, 0) is 22.6 Å². The van der Waals surface area contributed by atoms with Gasteiger partial charge in [0.2, 0.25) is 0 Å². The van der Waals surface area contributed by atoms with Gasteiger partial charge in [-0.25, -0.2) is 4.98 Å². The molecule has 0 atom stereocenters. The number of nitrogens with one attached hydrogen (secondary N) is 1. The van der Waals surface area contributed by atoms with Gasteiger partial charge in [-0.2, -0.15) is 0 Å². The van der Waals surface area contributed by atoms with Crippen LogP contribution in [0.25, 0.3) is 0 Å². The first-order valence-electron chi connectivity index (χ1n) is 6.47. The summed E-state index contributed by atoms with van der Waals surface area (Å²) < 4.78 is 12.8. The molecule has 1 aromatic rings. The van der Waals surface area contributed by atoms with E-state index in [-0.39, 0.29) is 6.10 Å². The highest BCUT2D eigenvalue weighted by Gasteiger charge is 2.06. The molecular weight excluding hydrogens is 230 g/mol. The van der Waals surface area contributed by atoms with Gasteiger partial charge in [-0.1, -0.05) is 0 Å². The summed E-state index contributed by atoms with van der Waals surface area (Å²) in [6, 6.07) is 0. The predicted molar refractivity (Wildman–Crippen MR) is 71.6 cm³/mol. The fourth-order valence-electron chi connectivity index (χ4n) is 1.73. The molecule has 0 radical (unpaired) electrons. The number of hydrogen-bond acceptors (Lipinski definition) is 4. The van der Waals surface area contributed by atoms with Crippen molar-refractivity contribution in [2.45, 2.75) is 40.0 Å². The maximum Gasteiger partial charge on any atom is 0.105 e. The van der Waals surface area contributed by atoms with E-state index >= 15 is 0 Å². The third-order valence-corrected chi connectivity index (χ3v) is 2.69. The Bertz CT molecular complexity index is 337. The van der Waals surface area contributed by atoms with Gasteiger partial charge in [0.05, 0.1) is 25.0 Å². The van der Waals surface area contributed by atoms with Crippen molar-refractivity contribution in [1.29, 1.82) is 0 Å². The fraction of sp³-hybridized carbons (Fsp3) is 0.769. The summed E-state index contributed by atoms with van der Waals surface area (Å²) in [5.74, 6) is 1.03. The number of ether oxygens (including phenoxy) is 2. The third kappa shape index (κ3) is 5.16. The standard InChI is InChI=1S/C13H25N3O2/c1-11(2)18-8-6-16-12(3)15-10-13(16)9-14-5-7-17-4/h10-11,14H,5-9H2,1-4H3. The highest BCUT2D eigenvalue weighted by molar-refractivity contribution is 5.04. The third-order valence-electron chi connectivity index (χ3n) is 2.69. The van der Waals surface area contributed by atoms with Gasteiger partial charge in [-0.15, -0.1) is 0 Å². The van der Waals surface area contributed by atoms with E-state index < -0.39 is 0 Å². The van der Waals surface area contributed by atoms with E-state index in [1.165, 1.54) is 5.69 Å². The summed E-state index contributed by atoms with van der Waals surface area (Å²) >= 11 is 0. The van der Waals surface area contributed by atoms with Crippen molar-refractivity contribution in [3.8, 4) is 0 Å². The molecule has 0 aliphatic carbocycles. The van der Waals surface area contributed by atoms with Crippen LogP contribution in [0.4, 0.5) is 0 Å². The van der Waals surface area contributed by atoms with Crippen molar-refractivity contribution in [1.82, 2.24) is 14.9 Å². The molecule has 0 aliphatic heterocycles. The molecule has 5 nitrogen and oxygen atoms in total. The second kappa shape index (κ2) is 8.24. The van der Waals surface area contributed by atoms with Crippen LogP contribution in [-0.4, -0.2) is 42.5 Å². The number of nitrogens with zero attached hydrogens (tertiary/aromatic N) is 2. The molecule has 0 saturated carbocycles. The van der Waals surface area contributed by atoms with Crippen LogP contribution in [0.15, 0.2) is 6.20 Å². The van der Waals surface area contributed by atoms with E-state index in [9.17, 15) is 0 Å². The molecule has 0 unspecified atom stereocenters. The average Bonchev–Trinajstić information content (AvgIpc) is 2.66. The zero-order valence-electron chi connectivity index (χ0n) is 11.9. The summed E-state index contributed by atoms with van der Waals surface area (Å²) in [6.07, 6.45) is 2.20. The molecule has 0 aromatic carbocycles. The van der Waals surface area contributed by atoms with Crippen LogP contribution in [0, 0.1) is 6.92 Å². The molecule has 104 valence electrons. The Hall–Kier alpha value is -0.910. The van der Waals surface area contributed by atoms with Gasteiger partial charge >= 0.3 is 0 Å². The van der Waals surface area contributed by atoms with E-state index in [0.29, 0.717) is 0 Å². The minimum absolute atomic E-state index is 0.275. The molecule has 0 amide bonds. The van der Waals surface area contributed by atoms with E-state index in [0.717, 1.165) is 38.7 Å². The van der Waals surface area contributed by atoms with Crippen LogP contribution in [0.1, 0.15) is 25.4 Å². The molecular formula is C13H25N3O2. The van der Waals surface area contributed by atoms with Crippen LogP contribution < -0.4 is 5.32 Å². The Morgan fingerprint density at radius 1 is 1.39 bits per heavy atom. The zero-order chi connectivity index (χ0) is 13.4. The molecule has 1 heterocycles. The van der Waals surface area contributed by atoms with Crippen LogP contribution in [0.3, 0.4) is 0 Å². The minimum Gasteiger partial charge on any atom is -0.383 e. The summed E-state index contributed by atoms with van der Waals surface area (Å²) in [6.45, 7) is 10.1. The number of aryl methyl sites for hydroxylation is 1. The molecule has 1 N–H and O–H groups in total. The van der Waals surface area contributed by atoms with Gasteiger partial charge in [-0.05, 0) is 20.8 Å². The van der Waals surface area contributed by atoms with Crippen molar-refractivity contribution in [3.63, 3.8) is 0 Å². The van der Waals surface area contributed by atoms with E-state index in [1.54, 1.807) is 7.11 Å². The molecule has 0 saturated heterocycles. The van der Waals surface area contributed by atoms with Crippen molar-refractivity contribution in [2.24, 2.45) is 0 Å². The normalized spacial score (nSPS) is 11.4. The Morgan fingerprint density at radius 2 is 2.17 bits per heavy atom. The lowest BCUT2D eigenvalue weighted by atomic mass is 10.4. The molecule has 0 spiro atoms. The second-order valence-electron chi connectivity index (χ2n) is 4.54. The van der Waals surface area contributed by atoms with Crippen molar-refractivity contribution < 1.29 is 9.47 Å². The first-order chi connectivity index (χ1) is 8.65. The van der Waals surface area contributed by atoms with Gasteiger partial charge in [-0.3, -0.25) is 0 Å². The number of imidazole rings is 1. The Morgan fingerprint density at radius 3 is 2.83 bits per heavy atom. The predicted octanol–water partition coefficient (Wildman–Crippen LogP) is 1.35. The quantitative estimate of drug-likeness (QED) is 0.677. The highest BCUT2D eigenvalue weighted by Crippen LogP contribution is 2.05. The molecule has 0 aliphatic rings. The molecule has 1 aromatic heterocycles.